The molecular weight excluding hydrogens is 423 g/mol. The quantitative estimate of drug-likeness (QED) is 0.614. The van der Waals surface area contributed by atoms with Gasteiger partial charge in [-0.1, -0.05) is 53.5 Å². The molecule has 2 atom stereocenters. The minimum Gasteiger partial charge on any atom is -0.386 e. The van der Waals surface area contributed by atoms with Crippen molar-refractivity contribution in [2.24, 2.45) is 0 Å². The molecule has 1 aliphatic heterocycles. The standard InChI is InChI=1S/C20H21Cl2F2N3O2/c21-19(22)20(29)26-17(7-23)18(28)13-3-1-12(2-4-13)14-5-6-16(25-8-14)11-27-9-15(24)10-27/h1-6,8,15,17-19,28H,7,9-11H2,(H,26,29). The van der Waals surface area contributed by atoms with Crippen LogP contribution in [0, 0.1) is 0 Å². The van der Waals surface area contributed by atoms with Crippen molar-refractivity contribution in [1.29, 1.82) is 0 Å². The molecule has 2 N–H and O–H groups in total. The normalized spacial score (nSPS) is 17.0. The first-order chi connectivity index (χ1) is 13.9. The van der Waals surface area contributed by atoms with Gasteiger partial charge >= 0.3 is 0 Å². The van der Waals surface area contributed by atoms with Crippen LogP contribution in [0.2, 0.25) is 0 Å². The zero-order chi connectivity index (χ0) is 21.0. The second-order valence-corrected chi connectivity index (χ2v) is 8.06. The van der Waals surface area contributed by atoms with Crippen LogP contribution in [0.25, 0.3) is 11.1 Å². The Morgan fingerprint density at radius 3 is 2.38 bits per heavy atom. The summed E-state index contributed by atoms with van der Waals surface area (Å²) >= 11 is 10.9. The van der Waals surface area contributed by atoms with Crippen molar-refractivity contribution >= 4 is 29.1 Å². The molecule has 0 saturated carbocycles. The lowest BCUT2D eigenvalue weighted by Crippen LogP contribution is -2.47. The summed E-state index contributed by atoms with van der Waals surface area (Å²) in [7, 11) is 0. The topological polar surface area (TPSA) is 65.5 Å². The maximum Gasteiger partial charge on any atom is 0.253 e. The zero-order valence-corrected chi connectivity index (χ0v) is 17.0. The molecule has 0 spiro atoms. The van der Waals surface area contributed by atoms with Crippen molar-refractivity contribution in [2.45, 2.75) is 29.7 Å². The molecular formula is C20H21Cl2F2N3O2. The average molecular weight is 444 g/mol. The number of rotatable bonds is 8. The van der Waals surface area contributed by atoms with Crippen LogP contribution in [0.4, 0.5) is 8.78 Å². The van der Waals surface area contributed by atoms with Crippen molar-refractivity contribution in [3.8, 4) is 11.1 Å². The molecule has 2 heterocycles. The number of nitrogens with one attached hydrogen (secondary N) is 1. The predicted octanol–water partition coefficient (Wildman–Crippen LogP) is 3.19. The number of carbonyl (C=O) groups excluding carboxylic acids is 1. The fourth-order valence-electron chi connectivity index (χ4n) is 3.11. The van der Waals surface area contributed by atoms with Gasteiger partial charge < -0.3 is 10.4 Å². The maximum absolute atomic E-state index is 13.2. The fraction of sp³-hybridized carbons (Fsp3) is 0.400. The number of amides is 1. The van der Waals surface area contributed by atoms with Gasteiger partial charge in [0, 0.05) is 31.4 Å². The van der Waals surface area contributed by atoms with Crippen LogP contribution >= 0.6 is 23.2 Å². The largest absolute Gasteiger partial charge is 0.386 e. The molecule has 0 radical (unpaired) electrons. The first-order valence-electron chi connectivity index (χ1n) is 9.11. The van der Waals surface area contributed by atoms with Gasteiger partial charge in [-0.25, -0.2) is 8.78 Å². The Hall–Kier alpha value is -1.80. The van der Waals surface area contributed by atoms with E-state index in [1.165, 1.54) is 0 Å². The summed E-state index contributed by atoms with van der Waals surface area (Å²) in [6.45, 7) is 0.544. The van der Waals surface area contributed by atoms with E-state index in [1.54, 1.807) is 30.5 Å². The number of aliphatic hydroxyl groups excluding tert-OH is 1. The summed E-state index contributed by atoms with van der Waals surface area (Å²) < 4.78 is 26.1. The van der Waals surface area contributed by atoms with Crippen LogP contribution in [-0.4, -0.2) is 57.7 Å². The second kappa shape index (κ2) is 9.80. The molecule has 1 saturated heterocycles. The van der Waals surface area contributed by atoms with Crippen molar-refractivity contribution in [1.82, 2.24) is 15.2 Å². The summed E-state index contributed by atoms with van der Waals surface area (Å²) in [5, 5.41) is 12.6. The number of aliphatic hydroxyl groups is 1. The monoisotopic (exact) mass is 443 g/mol. The number of benzene rings is 1. The van der Waals surface area contributed by atoms with E-state index in [2.05, 4.69) is 10.3 Å². The van der Waals surface area contributed by atoms with Gasteiger partial charge in [-0.3, -0.25) is 14.7 Å². The molecule has 1 aromatic heterocycles. The van der Waals surface area contributed by atoms with E-state index in [0.29, 0.717) is 25.2 Å². The smallest absolute Gasteiger partial charge is 0.253 e. The van der Waals surface area contributed by atoms with E-state index >= 15 is 0 Å². The maximum atomic E-state index is 13.2. The molecule has 1 amide bonds. The lowest BCUT2D eigenvalue weighted by atomic mass is 9.99. The van der Waals surface area contributed by atoms with Crippen LogP contribution in [-0.2, 0) is 11.3 Å². The Morgan fingerprint density at radius 1 is 1.21 bits per heavy atom. The summed E-state index contributed by atoms with van der Waals surface area (Å²) in [6, 6.07) is 9.54. The summed E-state index contributed by atoms with van der Waals surface area (Å²) in [5.74, 6) is -0.766. The lowest BCUT2D eigenvalue weighted by molar-refractivity contribution is -0.121. The van der Waals surface area contributed by atoms with Gasteiger partial charge in [0.15, 0.2) is 4.84 Å². The summed E-state index contributed by atoms with van der Waals surface area (Å²) in [4.78, 5) is 16.6. The number of aromatic nitrogens is 1. The van der Waals surface area contributed by atoms with Crippen LogP contribution in [0.5, 0.6) is 0 Å². The number of carbonyl (C=O) groups is 1. The molecule has 29 heavy (non-hydrogen) atoms. The number of hydrogen-bond acceptors (Lipinski definition) is 4. The van der Waals surface area contributed by atoms with E-state index < -0.39 is 35.7 Å². The highest BCUT2D eigenvalue weighted by atomic mass is 35.5. The molecule has 1 aliphatic rings. The third-order valence-corrected chi connectivity index (χ3v) is 5.18. The van der Waals surface area contributed by atoms with Gasteiger partial charge in [0.05, 0.1) is 11.7 Å². The molecule has 2 aromatic rings. The number of nitrogens with zero attached hydrogens (tertiary/aromatic N) is 2. The molecule has 156 valence electrons. The van der Waals surface area contributed by atoms with Gasteiger partial charge in [-0.05, 0) is 17.2 Å². The second-order valence-electron chi connectivity index (χ2n) is 6.97. The fourth-order valence-corrected chi connectivity index (χ4v) is 3.23. The lowest BCUT2D eigenvalue weighted by Gasteiger charge is -2.33. The minimum absolute atomic E-state index is 0.445. The van der Waals surface area contributed by atoms with Crippen LogP contribution in [0.15, 0.2) is 42.6 Å². The van der Waals surface area contributed by atoms with Gasteiger partial charge in [-0.2, -0.15) is 0 Å². The zero-order valence-electron chi connectivity index (χ0n) is 15.4. The molecule has 5 nitrogen and oxygen atoms in total. The van der Waals surface area contributed by atoms with Crippen molar-refractivity contribution < 1.29 is 18.7 Å². The van der Waals surface area contributed by atoms with Gasteiger partial charge in [0.2, 0.25) is 0 Å². The minimum atomic E-state index is -1.34. The van der Waals surface area contributed by atoms with Crippen molar-refractivity contribution in [3.63, 3.8) is 0 Å². The number of hydrogen-bond donors (Lipinski definition) is 2. The summed E-state index contributed by atoms with van der Waals surface area (Å²) in [6.07, 6.45) is -0.250. The first kappa shape index (κ1) is 21.9. The molecule has 1 fully saturated rings. The first-order valence-corrected chi connectivity index (χ1v) is 9.99. The van der Waals surface area contributed by atoms with Crippen LogP contribution < -0.4 is 5.32 Å². The van der Waals surface area contributed by atoms with E-state index in [1.807, 2.05) is 17.0 Å². The molecule has 0 aliphatic carbocycles. The highest BCUT2D eigenvalue weighted by molar-refractivity contribution is 6.53. The van der Waals surface area contributed by atoms with E-state index in [4.69, 9.17) is 23.2 Å². The Balaban J connectivity index is 1.63. The molecule has 2 unspecified atom stereocenters. The van der Waals surface area contributed by atoms with Gasteiger partial charge in [0.25, 0.3) is 5.91 Å². The van der Waals surface area contributed by atoms with E-state index in [-0.39, 0.29) is 0 Å². The Kier molecular flexibility index (Phi) is 7.40. The molecule has 0 bridgehead atoms. The van der Waals surface area contributed by atoms with E-state index in [9.17, 15) is 18.7 Å². The SMILES string of the molecule is O=C(NC(CF)C(O)c1ccc(-c2ccc(CN3CC(F)C3)nc2)cc1)C(Cl)Cl. The Labute approximate surface area is 177 Å². The number of likely N-dealkylation sites (tertiary alicyclic amines) is 1. The van der Waals surface area contributed by atoms with Crippen LogP contribution in [0.1, 0.15) is 17.4 Å². The third kappa shape index (κ3) is 5.63. The molecule has 3 rings (SSSR count). The number of halogens is 4. The van der Waals surface area contributed by atoms with Crippen molar-refractivity contribution in [2.75, 3.05) is 19.8 Å². The average Bonchev–Trinajstić information content (AvgIpc) is 2.70. The Morgan fingerprint density at radius 2 is 1.86 bits per heavy atom. The van der Waals surface area contributed by atoms with Gasteiger partial charge in [-0.15, -0.1) is 0 Å². The van der Waals surface area contributed by atoms with Gasteiger partial charge in [0.1, 0.15) is 19.0 Å². The number of alkyl halides is 4. The van der Waals surface area contributed by atoms with Crippen molar-refractivity contribution in [3.05, 3.63) is 53.9 Å². The van der Waals surface area contributed by atoms with E-state index in [0.717, 1.165) is 16.8 Å². The third-order valence-electron chi connectivity index (χ3n) is 4.78. The predicted molar refractivity (Wildman–Crippen MR) is 108 cm³/mol. The highest BCUT2D eigenvalue weighted by Crippen LogP contribution is 2.24. The Bertz CT molecular complexity index is 815. The number of pyridine rings is 1. The highest BCUT2D eigenvalue weighted by Gasteiger charge is 2.26. The molecule has 1 aromatic carbocycles. The summed E-state index contributed by atoms with van der Waals surface area (Å²) in [5.41, 5.74) is 3.06. The van der Waals surface area contributed by atoms with Crippen LogP contribution in [0.3, 0.4) is 0 Å². The molecule has 9 heteroatoms.